The van der Waals surface area contributed by atoms with E-state index in [1.165, 1.54) is 26.4 Å². The van der Waals surface area contributed by atoms with Gasteiger partial charge in [0.1, 0.15) is 5.75 Å². The summed E-state index contributed by atoms with van der Waals surface area (Å²) in [7, 11) is -0.799. The van der Waals surface area contributed by atoms with Crippen LogP contribution in [0.25, 0.3) is 0 Å². The van der Waals surface area contributed by atoms with E-state index in [1.54, 1.807) is 48.5 Å². The lowest BCUT2D eigenvalue weighted by Gasteiger charge is -2.12. The fourth-order valence-electron chi connectivity index (χ4n) is 2.85. The van der Waals surface area contributed by atoms with Gasteiger partial charge in [0.05, 0.1) is 19.1 Å². The molecular weight excluding hydrogens is 432 g/mol. The number of nitrogens with one attached hydrogen (secondary N) is 2. The van der Waals surface area contributed by atoms with E-state index >= 15 is 0 Å². The number of aryl methyl sites for hydroxylation is 1. The number of methoxy groups -OCH3 is 2. The number of amides is 1. The van der Waals surface area contributed by atoms with Crippen LogP contribution in [-0.2, 0) is 14.8 Å². The number of hydrogen-bond donors (Lipinski definition) is 2. The highest BCUT2D eigenvalue weighted by molar-refractivity contribution is 7.92. The maximum absolute atomic E-state index is 12.7. The molecule has 168 valence electrons. The number of ether oxygens (including phenoxy) is 3. The van der Waals surface area contributed by atoms with Crippen molar-refractivity contribution in [3.8, 4) is 17.2 Å². The van der Waals surface area contributed by atoms with Gasteiger partial charge in [0, 0.05) is 11.4 Å². The van der Waals surface area contributed by atoms with Crippen LogP contribution in [0.3, 0.4) is 0 Å². The Labute approximate surface area is 187 Å². The molecule has 3 rings (SSSR count). The van der Waals surface area contributed by atoms with Crippen LogP contribution in [-0.4, -0.2) is 35.2 Å². The van der Waals surface area contributed by atoms with E-state index in [4.69, 9.17) is 14.2 Å². The average Bonchev–Trinajstić information content (AvgIpc) is 2.78. The van der Waals surface area contributed by atoms with E-state index in [0.717, 1.165) is 5.56 Å². The number of hydrogen-bond acceptors (Lipinski definition) is 6. The summed E-state index contributed by atoms with van der Waals surface area (Å²) in [5, 5.41) is 2.64. The maximum Gasteiger partial charge on any atom is 0.262 e. The van der Waals surface area contributed by atoms with Gasteiger partial charge in [-0.05, 0) is 67.1 Å². The molecule has 0 atom stereocenters. The van der Waals surface area contributed by atoms with Crippen LogP contribution in [0.15, 0.2) is 71.6 Å². The van der Waals surface area contributed by atoms with E-state index < -0.39 is 15.9 Å². The third-order valence-electron chi connectivity index (χ3n) is 4.45. The van der Waals surface area contributed by atoms with Gasteiger partial charge in [0.25, 0.3) is 15.9 Å². The van der Waals surface area contributed by atoms with E-state index in [2.05, 4.69) is 10.0 Å². The molecule has 3 aromatic rings. The zero-order chi connectivity index (χ0) is 23.1. The minimum absolute atomic E-state index is 0.00670. The first kappa shape index (κ1) is 23.0. The van der Waals surface area contributed by atoms with Gasteiger partial charge in [-0.25, -0.2) is 8.42 Å². The number of carbonyl (C=O) groups is 1. The van der Waals surface area contributed by atoms with E-state index in [9.17, 15) is 13.2 Å². The molecule has 0 saturated heterocycles. The molecule has 0 aliphatic heterocycles. The van der Waals surface area contributed by atoms with Gasteiger partial charge < -0.3 is 19.5 Å². The number of rotatable bonds is 9. The van der Waals surface area contributed by atoms with Crippen molar-refractivity contribution in [1.29, 1.82) is 0 Å². The summed E-state index contributed by atoms with van der Waals surface area (Å²) in [6, 6.07) is 17.8. The third kappa shape index (κ3) is 5.92. The summed E-state index contributed by atoms with van der Waals surface area (Å²) in [5.41, 5.74) is 1.72. The average molecular weight is 457 g/mol. The van der Waals surface area contributed by atoms with Crippen molar-refractivity contribution in [2.45, 2.75) is 11.8 Å². The smallest absolute Gasteiger partial charge is 0.262 e. The summed E-state index contributed by atoms with van der Waals surface area (Å²) in [6.45, 7) is 1.66. The van der Waals surface area contributed by atoms with Crippen LogP contribution in [0.1, 0.15) is 5.56 Å². The first-order chi connectivity index (χ1) is 15.3. The number of sulfonamides is 1. The molecule has 0 unspecified atom stereocenters. The molecule has 1 amide bonds. The summed E-state index contributed by atoms with van der Waals surface area (Å²) in [6.07, 6.45) is 0. The third-order valence-corrected chi connectivity index (χ3v) is 5.83. The Hall–Kier alpha value is -3.72. The van der Waals surface area contributed by atoms with Gasteiger partial charge in [-0.2, -0.15) is 0 Å². The highest BCUT2D eigenvalue weighted by Crippen LogP contribution is 2.28. The molecule has 0 saturated carbocycles. The summed E-state index contributed by atoms with van der Waals surface area (Å²) in [5.74, 6) is 1.14. The number of anilines is 2. The molecule has 0 aliphatic rings. The standard InChI is InChI=1S/C23H24N2O6S/c1-16-7-12-21(22(13-16)30-3)31-15-23(26)24-18-5-4-6-20(14-18)32(27,28)25-17-8-10-19(29-2)11-9-17/h4-14,25H,15H2,1-3H3,(H,24,26). The van der Waals surface area contributed by atoms with Crippen LogP contribution in [0.2, 0.25) is 0 Å². The molecule has 0 aliphatic carbocycles. The highest BCUT2D eigenvalue weighted by Gasteiger charge is 2.16. The minimum atomic E-state index is -3.85. The van der Waals surface area contributed by atoms with Gasteiger partial charge in [0.15, 0.2) is 18.1 Å². The predicted molar refractivity (Wildman–Crippen MR) is 122 cm³/mol. The Kier molecular flexibility index (Phi) is 7.21. The van der Waals surface area contributed by atoms with E-state index in [1.807, 2.05) is 13.0 Å². The Balaban J connectivity index is 1.65. The largest absolute Gasteiger partial charge is 0.497 e. The molecule has 0 heterocycles. The van der Waals surface area contributed by atoms with Gasteiger partial charge in [-0.3, -0.25) is 9.52 Å². The van der Waals surface area contributed by atoms with E-state index in [0.29, 0.717) is 28.6 Å². The second-order valence-electron chi connectivity index (χ2n) is 6.85. The van der Waals surface area contributed by atoms with Gasteiger partial charge >= 0.3 is 0 Å². The Bertz CT molecular complexity index is 1190. The monoisotopic (exact) mass is 456 g/mol. The molecule has 3 aromatic carbocycles. The highest BCUT2D eigenvalue weighted by atomic mass is 32.2. The van der Waals surface area contributed by atoms with Gasteiger partial charge in [0.2, 0.25) is 0 Å². The molecular formula is C23H24N2O6S. The van der Waals surface area contributed by atoms with Crippen molar-refractivity contribution < 1.29 is 27.4 Å². The normalized spacial score (nSPS) is 10.8. The van der Waals surface area contributed by atoms with Crippen LogP contribution in [0.4, 0.5) is 11.4 Å². The van der Waals surface area contributed by atoms with Crippen molar-refractivity contribution in [2.24, 2.45) is 0 Å². The van der Waals surface area contributed by atoms with Crippen LogP contribution >= 0.6 is 0 Å². The first-order valence-corrected chi connectivity index (χ1v) is 11.1. The van der Waals surface area contributed by atoms with Crippen molar-refractivity contribution in [3.63, 3.8) is 0 Å². The number of benzene rings is 3. The molecule has 0 fully saturated rings. The Morgan fingerprint density at radius 3 is 2.31 bits per heavy atom. The zero-order valence-corrected chi connectivity index (χ0v) is 18.7. The first-order valence-electron chi connectivity index (χ1n) is 9.65. The molecule has 8 nitrogen and oxygen atoms in total. The van der Waals surface area contributed by atoms with Crippen molar-refractivity contribution in [1.82, 2.24) is 0 Å². The van der Waals surface area contributed by atoms with Gasteiger partial charge in [-0.15, -0.1) is 0 Å². The molecule has 0 spiro atoms. The van der Waals surface area contributed by atoms with Gasteiger partial charge in [-0.1, -0.05) is 12.1 Å². The van der Waals surface area contributed by atoms with Crippen LogP contribution < -0.4 is 24.2 Å². The predicted octanol–water partition coefficient (Wildman–Crippen LogP) is 3.83. The second-order valence-corrected chi connectivity index (χ2v) is 8.54. The molecule has 2 N–H and O–H groups in total. The van der Waals surface area contributed by atoms with Crippen molar-refractivity contribution >= 4 is 27.3 Å². The summed E-state index contributed by atoms with van der Waals surface area (Å²) < 4.78 is 43.8. The lowest BCUT2D eigenvalue weighted by molar-refractivity contribution is -0.118. The number of carbonyl (C=O) groups excluding carboxylic acids is 1. The Morgan fingerprint density at radius 2 is 1.62 bits per heavy atom. The van der Waals surface area contributed by atoms with Crippen LogP contribution in [0.5, 0.6) is 17.2 Å². The maximum atomic E-state index is 12.7. The molecule has 32 heavy (non-hydrogen) atoms. The van der Waals surface area contributed by atoms with Crippen molar-refractivity contribution in [2.75, 3.05) is 30.9 Å². The fourth-order valence-corrected chi connectivity index (χ4v) is 3.95. The van der Waals surface area contributed by atoms with Crippen LogP contribution in [0, 0.1) is 6.92 Å². The minimum Gasteiger partial charge on any atom is -0.497 e. The quantitative estimate of drug-likeness (QED) is 0.507. The lowest BCUT2D eigenvalue weighted by Crippen LogP contribution is -2.20. The van der Waals surface area contributed by atoms with E-state index in [-0.39, 0.29) is 11.5 Å². The van der Waals surface area contributed by atoms with Crippen molar-refractivity contribution in [3.05, 3.63) is 72.3 Å². The fraction of sp³-hybridized carbons (Fsp3) is 0.174. The lowest BCUT2D eigenvalue weighted by atomic mass is 10.2. The zero-order valence-electron chi connectivity index (χ0n) is 17.9. The summed E-state index contributed by atoms with van der Waals surface area (Å²) in [4.78, 5) is 12.3. The SMILES string of the molecule is COc1ccc(NS(=O)(=O)c2cccc(NC(=O)COc3ccc(C)cc3OC)c2)cc1. The molecule has 9 heteroatoms. The molecule has 0 bridgehead atoms. The Morgan fingerprint density at radius 1 is 0.875 bits per heavy atom. The second kappa shape index (κ2) is 10.1. The topological polar surface area (TPSA) is 103 Å². The molecule has 0 aromatic heterocycles. The molecule has 0 radical (unpaired) electrons. The summed E-state index contributed by atoms with van der Waals surface area (Å²) >= 11 is 0.